The summed E-state index contributed by atoms with van der Waals surface area (Å²) in [5.41, 5.74) is 0.290. The van der Waals surface area contributed by atoms with Crippen LogP contribution in [0.2, 0.25) is 0 Å². The Morgan fingerprint density at radius 1 is 1.08 bits per heavy atom. The summed E-state index contributed by atoms with van der Waals surface area (Å²) in [5.74, 6) is -0.405. The highest BCUT2D eigenvalue weighted by molar-refractivity contribution is 5.97. The number of rotatable bonds is 7. The maximum Gasteiger partial charge on any atom is 0.330 e. The number of nitriles is 1. The topological polar surface area (TPSA) is 97.7 Å². The van der Waals surface area contributed by atoms with Gasteiger partial charge in [-0.2, -0.15) is 5.26 Å². The molecule has 7 heteroatoms. The molecule has 1 aromatic carbocycles. The zero-order valence-electron chi connectivity index (χ0n) is 14.5. The quantitative estimate of drug-likeness (QED) is 0.765. The van der Waals surface area contributed by atoms with Gasteiger partial charge in [0, 0.05) is 11.6 Å². The van der Waals surface area contributed by atoms with Crippen LogP contribution in [0.3, 0.4) is 0 Å². The first kappa shape index (κ1) is 19.3. The molecule has 0 spiro atoms. The van der Waals surface area contributed by atoms with Gasteiger partial charge in [0.25, 0.3) is 5.91 Å². The van der Waals surface area contributed by atoms with Crippen molar-refractivity contribution in [1.82, 2.24) is 5.32 Å². The van der Waals surface area contributed by atoms with Gasteiger partial charge >= 0.3 is 5.97 Å². The summed E-state index contributed by atoms with van der Waals surface area (Å²) in [6.45, 7) is 5.01. The highest BCUT2D eigenvalue weighted by Gasteiger charge is 2.27. The zero-order valence-corrected chi connectivity index (χ0v) is 14.5. The van der Waals surface area contributed by atoms with Crippen LogP contribution in [0, 0.1) is 17.2 Å². The predicted octanol–water partition coefficient (Wildman–Crippen LogP) is 1.91. The Hall–Kier alpha value is -2.75. The lowest BCUT2D eigenvalue weighted by molar-refractivity contribution is -0.149. The van der Waals surface area contributed by atoms with Crippen LogP contribution in [0.15, 0.2) is 18.2 Å². The van der Waals surface area contributed by atoms with Gasteiger partial charge in [0.15, 0.2) is 6.10 Å². The van der Waals surface area contributed by atoms with Gasteiger partial charge in [-0.05, 0) is 25.0 Å². The number of ether oxygens (including phenoxy) is 3. The van der Waals surface area contributed by atoms with E-state index in [0.29, 0.717) is 11.5 Å². The molecule has 0 aliphatic heterocycles. The second kappa shape index (κ2) is 8.77. The van der Waals surface area contributed by atoms with Crippen LogP contribution < -0.4 is 14.8 Å². The van der Waals surface area contributed by atoms with Crippen LogP contribution in [0.25, 0.3) is 0 Å². The first-order valence-corrected chi connectivity index (χ1v) is 7.46. The molecule has 24 heavy (non-hydrogen) atoms. The molecule has 0 saturated heterocycles. The smallest absolute Gasteiger partial charge is 0.330 e. The number of nitrogens with zero attached hydrogens (tertiary/aromatic N) is 1. The lowest BCUT2D eigenvalue weighted by Gasteiger charge is -2.21. The molecular weight excluding hydrogens is 312 g/mol. The van der Waals surface area contributed by atoms with Crippen molar-refractivity contribution >= 4 is 11.9 Å². The fraction of sp³-hybridized carbons (Fsp3) is 0.471. The molecule has 0 fully saturated rings. The third-order valence-corrected chi connectivity index (χ3v) is 3.30. The Morgan fingerprint density at radius 3 is 2.04 bits per heavy atom. The number of hydrogen-bond acceptors (Lipinski definition) is 6. The number of nitrogens with one attached hydrogen (secondary N) is 1. The summed E-state index contributed by atoms with van der Waals surface area (Å²) >= 11 is 0. The van der Waals surface area contributed by atoms with E-state index in [0.717, 1.165) is 0 Å². The highest BCUT2D eigenvalue weighted by atomic mass is 16.5. The lowest BCUT2D eigenvalue weighted by atomic mass is 10.0. The molecule has 0 bridgehead atoms. The Kier molecular flexibility index (Phi) is 7.05. The number of carbonyl (C=O) groups excluding carboxylic acids is 2. The fourth-order valence-electron chi connectivity index (χ4n) is 1.93. The summed E-state index contributed by atoms with van der Waals surface area (Å²) in [5, 5.41) is 11.4. The average Bonchev–Trinajstić information content (AvgIpc) is 2.57. The van der Waals surface area contributed by atoms with E-state index < -0.39 is 24.0 Å². The lowest BCUT2D eigenvalue weighted by Crippen LogP contribution is -2.46. The Balaban J connectivity index is 2.97. The molecule has 1 N–H and O–H groups in total. The second-order valence-electron chi connectivity index (χ2n) is 5.50. The van der Waals surface area contributed by atoms with Crippen LogP contribution in [0.5, 0.6) is 11.5 Å². The first-order valence-electron chi connectivity index (χ1n) is 7.46. The Labute approximate surface area is 141 Å². The van der Waals surface area contributed by atoms with Crippen LogP contribution in [-0.2, 0) is 9.53 Å². The summed E-state index contributed by atoms with van der Waals surface area (Å²) in [7, 11) is 2.96. The number of methoxy groups -OCH3 is 2. The molecule has 2 atom stereocenters. The van der Waals surface area contributed by atoms with E-state index in [4.69, 9.17) is 19.5 Å². The zero-order chi connectivity index (χ0) is 18.3. The van der Waals surface area contributed by atoms with Crippen molar-refractivity contribution in [2.24, 2.45) is 5.92 Å². The van der Waals surface area contributed by atoms with Crippen LogP contribution in [-0.4, -0.2) is 38.2 Å². The van der Waals surface area contributed by atoms with Crippen molar-refractivity contribution in [3.8, 4) is 17.6 Å². The van der Waals surface area contributed by atoms with Crippen molar-refractivity contribution < 1.29 is 23.8 Å². The third kappa shape index (κ3) is 5.16. The molecule has 0 aromatic heterocycles. The van der Waals surface area contributed by atoms with Gasteiger partial charge < -0.3 is 19.5 Å². The highest BCUT2D eigenvalue weighted by Crippen LogP contribution is 2.22. The van der Waals surface area contributed by atoms with Gasteiger partial charge in [-0.25, -0.2) is 4.79 Å². The molecule has 1 rings (SSSR count). The van der Waals surface area contributed by atoms with Gasteiger partial charge in [0.05, 0.1) is 14.2 Å². The van der Waals surface area contributed by atoms with E-state index in [2.05, 4.69) is 5.32 Å². The molecule has 1 unspecified atom stereocenters. The molecule has 1 aromatic rings. The molecule has 0 radical (unpaired) electrons. The largest absolute Gasteiger partial charge is 0.497 e. The Morgan fingerprint density at radius 2 is 1.62 bits per heavy atom. The normalized spacial score (nSPS) is 12.7. The summed E-state index contributed by atoms with van der Waals surface area (Å²) < 4.78 is 15.2. The minimum absolute atomic E-state index is 0.208. The SMILES string of the molecule is COc1cc(OC)cc(C(=O)N[C@@H](C(=O)OC(C)C#N)C(C)C)c1. The molecule has 0 aliphatic rings. The van der Waals surface area contributed by atoms with Crippen LogP contribution >= 0.6 is 0 Å². The summed E-state index contributed by atoms with van der Waals surface area (Å²) in [6.07, 6.45) is -0.882. The van der Waals surface area contributed by atoms with Crippen molar-refractivity contribution in [3.05, 3.63) is 23.8 Å². The molecule has 1 amide bonds. The first-order chi connectivity index (χ1) is 11.3. The number of amides is 1. The van der Waals surface area contributed by atoms with Gasteiger partial charge in [-0.1, -0.05) is 13.8 Å². The molecule has 130 valence electrons. The third-order valence-electron chi connectivity index (χ3n) is 3.30. The molecular formula is C17H22N2O5. The number of hydrogen-bond donors (Lipinski definition) is 1. The van der Waals surface area contributed by atoms with Crippen molar-refractivity contribution in [3.63, 3.8) is 0 Å². The van der Waals surface area contributed by atoms with E-state index in [1.807, 2.05) is 6.07 Å². The van der Waals surface area contributed by atoms with E-state index in [-0.39, 0.29) is 11.5 Å². The number of carbonyl (C=O) groups is 2. The predicted molar refractivity (Wildman–Crippen MR) is 86.8 cm³/mol. The Bertz CT molecular complexity index is 614. The van der Waals surface area contributed by atoms with Crippen LogP contribution in [0.4, 0.5) is 0 Å². The van der Waals surface area contributed by atoms with E-state index >= 15 is 0 Å². The van der Waals surface area contributed by atoms with Gasteiger partial charge in [-0.3, -0.25) is 4.79 Å². The molecule has 7 nitrogen and oxygen atoms in total. The minimum atomic E-state index is -0.882. The monoisotopic (exact) mass is 334 g/mol. The summed E-state index contributed by atoms with van der Waals surface area (Å²) in [4.78, 5) is 24.6. The van der Waals surface area contributed by atoms with Crippen molar-refractivity contribution in [2.75, 3.05) is 14.2 Å². The second-order valence-corrected chi connectivity index (χ2v) is 5.50. The van der Waals surface area contributed by atoms with E-state index in [9.17, 15) is 9.59 Å². The molecule has 0 aliphatic carbocycles. The number of benzene rings is 1. The van der Waals surface area contributed by atoms with Crippen molar-refractivity contribution in [1.29, 1.82) is 5.26 Å². The maximum atomic E-state index is 12.5. The summed E-state index contributed by atoms with van der Waals surface area (Å²) in [6, 6.07) is 5.66. The van der Waals surface area contributed by atoms with Crippen LogP contribution in [0.1, 0.15) is 31.1 Å². The van der Waals surface area contributed by atoms with Gasteiger partial charge in [0.1, 0.15) is 23.6 Å². The molecule has 0 heterocycles. The molecule has 0 saturated carbocycles. The number of esters is 1. The standard InChI is InChI=1S/C17H22N2O5/c1-10(2)15(17(21)24-11(3)9-18)19-16(20)12-6-13(22-4)8-14(7-12)23-5/h6-8,10-11,15H,1-5H3,(H,19,20)/t11?,15-/m1/s1. The minimum Gasteiger partial charge on any atom is -0.497 e. The average molecular weight is 334 g/mol. The van der Waals surface area contributed by atoms with E-state index in [1.54, 1.807) is 32.0 Å². The van der Waals surface area contributed by atoms with Gasteiger partial charge in [-0.15, -0.1) is 0 Å². The maximum absolute atomic E-state index is 12.5. The van der Waals surface area contributed by atoms with E-state index in [1.165, 1.54) is 21.1 Å². The van der Waals surface area contributed by atoms with Gasteiger partial charge in [0.2, 0.25) is 0 Å². The van der Waals surface area contributed by atoms with Crippen molar-refractivity contribution in [2.45, 2.75) is 32.9 Å². The fourth-order valence-corrected chi connectivity index (χ4v) is 1.93.